The number of halogens is 1. The van der Waals surface area contributed by atoms with Crippen LogP contribution in [-0.2, 0) is 6.54 Å². The number of aromatic nitrogens is 3. The number of nitrogens with one attached hydrogen (secondary N) is 1. The molecule has 1 saturated heterocycles. The lowest BCUT2D eigenvalue weighted by atomic mass is 10.0. The third-order valence-electron chi connectivity index (χ3n) is 5.18. The maximum Gasteiger partial charge on any atom is 0.271 e. The second-order valence-corrected chi connectivity index (χ2v) is 9.31. The van der Waals surface area contributed by atoms with Crippen molar-refractivity contribution in [2.24, 2.45) is 0 Å². The highest BCUT2D eigenvalue weighted by Gasteiger charge is 2.23. The lowest BCUT2D eigenvalue weighted by Gasteiger charge is -2.34. The number of hydrogen-bond acceptors (Lipinski definition) is 6. The molecule has 0 radical (unpaired) electrons. The molecule has 0 spiro atoms. The molecule has 0 atom stereocenters. The van der Waals surface area contributed by atoms with E-state index in [0.29, 0.717) is 28.4 Å². The predicted molar refractivity (Wildman–Crippen MR) is 113 cm³/mol. The number of nitrogens with zero attached hydrogens (tertiary/aromatic N) is 4. The molecule has 0 unspecified atom stereocenters. The lowest BCUT2D eigenvalue weighted by molar-refractivity contribution is 0.0896. The van der Waals surface area contributed by atoms with Gasteiger partial charge in [-0.05, 0) is 38.8 Å². The highest BCUT2D eigenvalue weighted by atomic mass is 35.5. The monoisotopic (exact) mass is 433 g/mol. The smallest absolute Gasteiger partial charge is 0.271 e. The molecule has 154 valence electrons. The van der Waals surface area contributed by atoms with Gasteiger partial charge < -0.3 is 19.3 Å². The van der Waals surface area contributed by atoms with Gasteiger partial charge in [-0.3, -0.25) is 4.79 Å². The van der Waals surface area contributed by atoms with Crippen LogP contribution in [0.4, 0.5) is 0 Å². The number of thiophene rings is 1. The first-order chi connectivity index (χ1) is 14.0. The van der Waals surface area contributed by atoms with Crippen molar-refractivity contribution in [3.63, 3.8) is 0 Å². The van der Waals surface area contributed by atoms with Crippen molar-refractivity contribution >= 4 is 28.8 Å². The highest BCUT2D eigenvalue weighted by molar-refractivity contribution is 7.19. The van der Waals surface area contributed by atoms with E-state index in [1.807, 2.05) is 22.8 Å². The van der Waals surface area contributed by atoms with Crippen molar-refractivity contribution < 1.29 is 9.32 Å². The lowest BCUT2D eigenvalue weighted by Crippen LogP contribution is -2.46. The van der Waals surface area contributed by atoms with Gasteiger partial charge in [0.15, 0.2) is 5.76 Å². The van der Waals surface area contributed by atoms with Gasteiger partial charge in [0.1, 0.15) is 11.4 Å². The normalized spacial score (nSPS) is 15.9. The van der Waals surface area contributed by atoms with Gasteiger partial charge in [-0.2, -0.15) is 0 Å². The molecule has 0 aromatic carbocycles. The predicted octanol–water partition coefficient (Wildman–Crippen LogP) is 3.90. The van der Waals surface area contributed by atoms with Gasteiger partial charge in [-0.25, -0.2) is 4.98 Å². The molecule has 1 aliphatic rings. The molecule has 0 aliphatic carbocycles. The number of carbonyl (C=O) groups excluding carboxylic acids is 1. The molecule has 1 fully saturated rings. The summed E-state index contributed by atoms with van der Waals surface area (Å²) in [6.45, 7) is 6.93. The van der Waals surface area contributed by atoms with Crippen molar-refractivity contribution in [2.75, 3.05) is 13.1 Å². The van der Waals surface area contributed by atoms with Crippen molar-refractivity contribution in [1.29, 1.82) is 0 Å². The Labute approximate surface area is 178 Å². The van der Waals surface area contributed by atoms with E-state index in [9.17, 15) is 4.79 Å². The van der Waals surface area contributed by atoms with Gasteiger partial charge >= 0.3 is 0 Å². The topological polar surface area (TPSA) is 76.2 Å². The molecular formula is C20H24ClN5O2S. The summed E-state index contributed by atoms with van der Waals surface area (Å²) >= 11 is 7.42. The number of piperidine rings is 1. The molecule has 3 aromatic rings. The van der Waals surface area contributed by atoms with Gasteiger partial charge in [0.05, 0.1) is 22.1 Å². The van der Waals surface area contributed by atoms with E-state index < -0.39 is 0 Å². The summed E-state index contributed by atoms with van der Waals surface area (Å²) in [6.07, 6.45) is 5.33. The summed E-state index contributed by atoms with van der Waals surface area (Å²) in [4.78, 5) is 20.2. The van der Waals surface area contributed by atoms with Crippen LogP contribution in [0.25, 0.3) is 10.6 Å². The zero-order valence-corrected chi connectivity index (χ0v) is 18.0. The average molecular weight is 434 g/mol. The van der Waals surface area contributed by atoms with Crippen LogP contribution in [-0.4, -0.2) is 50.7 Å². The minimum atomic E-state index is -0.124. The van der Waals surface area contributed by atoms with E-state index in [1.54, 1.807) is 12.5 Å². The van der Waals surface area contributed by atoms with Gasteiger partial charge in [0, 0.05) is 37.4 Å². The van der Waals surface area contributed by atoms with Crippen LogP contribution < -0.4 is 5.32 Å². The highest BCUT2D eigenvalue weighted by Crippen LogP contribution is 2.31. The minimum absolute atomic E-state index is 0.124. The second kappa shape index (κ2) is 8.69. The fraction of sp³-hybridized carbons (Fsp3) is 0.450. The van der Waals surface area contributed by atoms with Crippen LogP contribution in [0.1, 0.15) is 42.9 Å². The molecule has 1 amide bonds. The Morgan fingerprint density at radius 2 is 2.17 bits per heavy atom. The number of rotatable bonds is 6. The number of amides is 1. The summed E-state index contributed by atoms with van der Waals surface area (Å²) in [5.41, 5.74) is 1.18. The van der Waals surface area contributed by atoms with Crippen LogP contribution in [0.15, 0.2) is 35.2 Å². The van der Waals surface area contributed by atoms with E-state index in [0.717, 1.165) is 36.5 Å². The fourth-order valence-electron chi connectivity index (χ4n) is 3.52. The number of hydrogen-bond donors (Lipinski definition) is 1. The Balaban J connectivity index is 1.33. The summed E-state index contributed by atoms with van der Waals surface area (Å²) in [5.74, 6) is 0.559. The zero-order chi connectivity index (χ0) is 20.4. The Hall–Kier alpha value is -2.16. The third kappa shape index (κ3) is 4.88. The number of imidazole rings is 1. The van der Waals surface area contributed by atoms with E-state index in [4.69, 9.17) is 16.1 Å². The van der Waals surface area contributed by atoms with Gasteiger partial charge in [-0.1, -0.05) is 16.8 Å². The summed E-state index contributed by atoms with van der Waals surface area (Å²) in [5, 5.41) is 7.21. The third-order valence-corrected chi connectivity index (χ3v) is 6.43. The van der Waals surface area contributed by atoms with Crippen molar-refractivity contribution in [3.05, 3.63) is 46.4 Å². The van der Waals surface area contributed by atoms with Crippen molar-refractivity contribution in [2.45, 2.75) is 45.3 Å². The molecule has 0 bridgehead atoms. The number of likely N-dealkylation sites (tertiary alicyclic amines) is 1. The molecule has 0 saturated carbocycles. The maximum atomic E-state index is 12.5. The number of carbonyl (C=O) groups is 1. The van der Waals surface area contributed by atoms with Gasteiger partial charge in [0.25, 0.3) is 5.91 Å². The van der Waals surface area contributed by atoms with Crippen LogP contribution in [0, 0.1) is 0 Å². The quantitative estimate of drug-likeness (QED) is 0.637. The first-order valence-corrected chi connectivity index (χ1v) is 11.0. The van der Waals surface area contributed by atoms with Crippen molar-refractivity contribution in [3.8, 4) is 10.6 Å². The fourth-order valence-corrected chi connectivity index (χ4v) is 4.51. The van der Waals surface area contributed by atoms with E-state index >= 15 is 0 Å². The van der Waals surface area contributed by atoms with Crippen molar-refractivity contribution in [1.82, 2.24) is 24.9 Å². The maximum absolute atomic E-state index is 12.5. The standard InChI is InChI=1S/C20H24ClN5O2S/c1-13(2)26-7-5-14(6-8-26)23-20(27)16-11-25(12-22-16)10-15-9-17(28-24-15)18-3-4-19(21)29-18/h3-4,9,11-14H,5-8,10H2,1-2H3,(H,23,27). The van der Waals surface area contributed by atoms with Gasteiger partial charge in [0.2, 0.25) is 0 Å². The van der Waals surface area contributed by atoms with Crippen LogP contribution in [0.2, 0.25) is 4.34 Å². The van der Waals surface area contributed by atoms with E-state index in [-0.39, 0.29) is 11.9 Å². The molecule has 29 heavy (non-hydrogen) atoms. The van der Waals surface area contributed by atoms with Crippen LogP contribution in [0.5, 0.6) is 0 Å². The van der Waals surface area contributed by atoms with Crippen LogP contribution in [0.3, 0.4) is 0 Å². The molecule has 1 aliphatic heterocycles. The molecule has 9 heteroatoms. The largest absolute Gasteiger partial charge is 0.355 e. The molecule has 1 N–H and O–H groups in total. The summed E-state index contributed by atoms with van der Waals surface area (Å²) < 4.78 is 7.94. The average Bonchev–Trinajstić information content (AvgIpc) is 3.43. The summed E-state index contributed by atoms with van der Waals surface area (Å²) in [7, 11) is 0. The second-order valence-electron chi connectivity index (χ2n) is 7.59. The molecular weight excluding hydrogens is 410 g/mol. The van der Waals surface area contributed by atoms with Crippen LogP contribution >= 0.6 is 22.9 Å². The molecule has 7 nitrogen and oxygen atoms in total. The SMILES string of the molecule is CC(C)N1CCC(NC(=O)c2cn(Cc3cc(-c4ccc(Cl)s4)on3)cn2)CC1. The Morgan fingerprint density at radius 3 is 2.86 bits per heavy atom. The Kier molecular flexibility index (Phi) is 6.03. The molecule has 3 aromatic heterocycles. The summed E-state index contributed by atoms with van der Waals surface area (Å²) in [6, 6.07) is 6.37. The molecule has 4 rings (SSSR count). The molecule has 4 heterocycles. The first kappa shape index (κ1) is 20.1. The first-order valence-electron chi connectivity index (χ1n) is 9.76. The van der Waals surface area contributed by atoms with E-state index in [2.05, 4.69) is 34.2 Å². The Morgan fingerprint density at radius 1 is 1.38 bits per heavy atom. The minimum Gasteiger partial charge on any atom is -0.355 e. The van der Waals surface area contributed by atoms with E-state index in [1.165, 1.54) is 11.3 Å². The zero-order valence-electron chi connectivity index (χ0n) is 16.5. The Bertz CT molecular complexity index is 971. The van der Waals surface area contributed by atoms with Gasteiger partial charge in [-0.15, -0.1) is 11.3 Å².